The third kappa shape index (κ3) is 5.72. The second kappa shape index (κ2) is 9.80. The number of rotatable bonds is 4. The molecule has 3 aromatic rings. The van der Waals surface area contributed by atoms with Gasteiger partial charge >= 0.3 is 6.18 Å². The molecule has 34 heavy (non-hydrogen) atoms. The van der Waals surface area contributed by atoms with Crippen LogP contribution in [0.15, 0.2) is 60.2 Å². The first-order chi connectivity index (χ1) is 16.2. The predicted molar refractivity (Wildman–Crippen MR) is 122 cm³/mol. The normalized spacial score (nSPS) is 14.1. The van der Waals surface area contributed by atoms with Gasteiger partial charge in [-0.25, -0.2) is 4.39 Å². The van der Waals surface area contributed by atoms with Crippen LogP contribution in [0.5, 0.6) is 0 Å². The number of piperidine rings is 1. The molecular formula is C24H19ClF4N4O. The summed E-state index contributed by atoms with van der Waals surface area (Å²) in [5, 5.41) is 11.4. The van der Waals surface area contributed by atoms with Gasteiger partial charge in [0.25, 0.3) is 5.91 Å². The number of halogens is 5. The van der Waals surface area contributed by atoms with Gasteiger partial charge in [-0.2, -0.15) is 13.2 Å². The van der Waals surface area contributed by atoms with Crippen molar-refractivity contribution in [1.29, 1.82) is 0 Å². The Bertz CT molecular complexity index is 1200. The zero-order valence-corrected chi connectivity index (χ0v) is 18.5. The van der Waals surface area contributed by atoms with E-state index in [0.29, 0.717) is 42.5 Å². The Balaban J connectivity index is 1.40. The van der Waals surface area contributed by atoms with Crippen LogP contribution in [0.2, 0.25) is 5.02 Å². The van der Waals surface area contributed by atoms with Crippen LogP contribution in [0.3, 0.4) is 0 Å². The molecular weight excluding hydrogens is 472 g/mol. The Morgan fingerprint density at radius 2 is 1.71 bits per heavy atom. The molecule has 1 aromatic heterocycles. The van der Waals surface area contributed by atoms with Gasteiger partial charge in [-0.15, -0.1) is 10.2 Å². The van der Waals surface area contributed by atoms with E-state index < -0.39 is 23.5 Å². The summed E-state index contributed by atoms with van der Waals surface area (Å²) >= 11 is 5.83. The van der Waals surface area contributed by atoms with Crippen molar-refractivity contribution >= 4 is 35.1 Å². The van der Waals surface area contributed by atoms with Crippen LogP contribution in [-0.2, 0) is 6.18 Å². The summed E-state index contributed by atoms with van der Waals surface area (Å²) in [6.45, 7) is 1.01. The number of amides is 1. The van der Waals surface area contributed by atoms with Crippen molar-refractivity contribution in [3.8, 4) is 0 Å². The number of carbonyl (C=O) groups is 1. The predicted octanol–water partition coefficient (Wildman–Crippen LogP) is 6.22. The van der Waals surface area contributed by atoms with E-state index in [1.165, 1.54) is 6.08 Å². The van der Waals surface area contributed by atoms with Crippen molar-refractivity contribution in [1.82, 2.24) is 10.2 Å². The molecule has 1 amide bonds. The number of hydrogen-bond donors (Lipinski definition) is 1. The Labute approximate surface area is 198 Å². The van der Waals surface area contributed by atoms with Gasteiger partial charge in [0.1, 0.15) is 5.82 Å². The topological polar surface area (TPSA) is 58.1 Å². The van der Waals surface area contributed by atoms with Crippen molar-refractivity contribution < 1.29 is 22.4 Å². The molecule has 0 saturated carbocycles. The summed E-state index contributed by atoms with van der Waals surface area (Å²) < 4.78 is 53.3. The maximum Gasteiger partial charge on any atom is 0.416 e. The number of anilines is 2. The molecule has 1 aliphatic rings. The van der Waals surface area contributed by atoms with E-state index >= 15 is 0 Å². The first-order valence-corrected chi connectivity index (χ1v) is 10.8. The monoisotopic (exact) mass is 490 g/mol. The smallest absolute Gasteiger partial charge is 0.354 e. The minimum Gasteiger partial charge on any atom is -0.354 e. The van der Waals surface area contributed by atoms with E-state index in [0.717, 1.165) is 23.8 Å². The number of nitrogens with zero attached hydrogens (tertiary/aromatic N) is 3. The maximum absolute atomic E-state index is 13.5. The van der Waals surface area contributed by atoms with Crippen LogP contribution in [0.25, 0.3) is 6.08 Å². The standard InChI is InChI=1S/C24H19ClF4N4O/c25-17-1-4-19(5-2-17)30-23(34)21-7-8-22(32-31-21)33-11-9-15(10-12-33)13-16-14-18(26)3-6-20(16)24(27,28)29/h1-8,13-14H,9-12H2,(H,30,34). The zero-order valence-electron chi connectivity index (χ0n) is 17.7. The Morgan fingerprint density at radius 1 is 1.00 bits per heavy atom. The Morgan fingerprint density at radius 3 is 2.32 bits per heavy atom. The number of benzene rings is 2. The van der Waals surface area contributed by atoms with Gasteiger partial charge in [0.15, 0.2) is 11.5 Å². The molecule has 2 aromatic carbocycles. The van der Waals surface area contributed by atoms with E-state index in [-0.39, 0.29) is 11.3 Å². The lowest BCUT2D eigenvalue weighted by atomic mass is 9.98. The summed E-state index contributed by atoms with van der Waals surface area (Å²) in [5.41, 5.74) is 0.470. The average Bonchev–Trinajstić information content (AvgIpc) is 2.80. The molecule has 1 fully saturated rings. The van der Waals surface area contributed by atoms with Gasteiger partial charge in [-0.1, -0.05) is 23.3 Å². The van der Waals surface area contributed by atoms with E-state index in [4.69, 9.17) is 11.6 Å². The molecule has 0 aliphatic carbocycles. The van der Waals surface area contributed by atoms with Gasteiger partial charge < -0.3 is 10.2 Å². The summed E-state index contributed by atoms with van der Waals surface area (Å²) in [5.74, 6) is -0.572. The molecule has 0 unspecified atom stereocenters. The lowest BCUT2D eigenvalue weighted by Crippen LogP contribution is -2.31. The molecule has 176 valence electrons. The van der Waals surface area contributed by atoms with Crippen LogP contribution in [0.1, 0.15) is 34.5 Å². The third-order valence-corrected chi connectivity index (χ3v) is 5.65. The molecule has 0 radical (unpaired) electrons. The van der Waals surface area contributed by atoms with Crippen LogP contribution in [0, 0.1) is 5.82 Å². The number of hydrogen-bond acceptors (Lipinski definition) is 4. The lowest BCUT2D eigenvalue weighted by Gasteiger charge is -2.29. The van der Waals surface area contributed by atoms with Crippen molar-refractivity contribution in [2.45, 2.75) is 19.0 Å². The molecule has 1 aliphatic heterocycles. The highest BCUT2D eigenvalue weighted by Crippen LogP contribution is 2.34. The summed E-state index contributed by atoms with van der Waals surface area (Å²) in [6, 6.07) is 12.4. The van der Waals surface area contributed by atoms with Crippen LogP contribution in [-0.4, -0.2) is 29.2 Å². The fraction of sp³-hybridized carbons (Fsp3) is 0.208. The van der Waals surface area contributed by atoms with Crippen molar-refractivity contribution in [2.75, 3.05) is 23.3 Å². The van der Waals surface area contributed by atoms with Crippen molar-refractivity contribution in [2.24, 2.45) is 0 Å². The third-order valence-electron chi connectivity index (χ3n) is 5.39. The lowest BCUT2D eigenvalue weighted by molar-refractivity contribution is -0.137. The van der Waals surface area contributed by atoms with Gasteiger partial charge in [0.2, 0.25) is 0 Å². The number of alkyl halides is 3. The van der Waals surface area contributed by atoms with Gasteiger partial charge in [0, 0.05) is 23.8 Å². The molecule has 2 heterocycles. The zero-order chi connectivity index (χ0) is 24.3. The van der Waals surface area contributed by atoms with Crippen LogP contribution >= 0.6 is 11.6 Å². The van der Waals surface area contributed by atoms with Gasteiger partial charge in [-0.3, -0.25) is 4.79 Å². The maximum atomic E-state index is 13.5. The second-order valence-corrected chi connectivity index (χ2v) is 8.19. The Kier molecular flexibility index (Phi) is 6.83. The number of carbonyl (C=O) groups excluding carboxylic acids is 1. The van der Waals surface area contributed by atoms with Crippen LogP contribution in [0.4, 0.5) is 29.1 Å². The fourth-order valence-electron chi connectivity index (χ4n) is 3.64. The highest BCUT2D eigenvalue weighted by molar-refractivity contribution is 6.30. The number of nitrogens with one attached hydrogen (secondary N) is 1. The van der Waals surface area contributed by atoms with Crippen molar-refractivity contribution in [3.63, 3.8) is 0 Å². The molecule has 0 atom stereocenters. The SMILES string of the molecule is O=C(Nc1ccc(Cl)cc1)c1ccc(N2CCC(=Cc3cc(F)ccc3C(F)(F)F)CC2)nn1. The molecule has 4 rings (SSSR count). The Hall–Kier alpha value is -3.46. The van der Waals surface area contributed by atoms with E-state index in [2.05, 4.69) is 15.5 Å². The summed E-state index contributed by atoms with van der Waals surface area (Å²) in [4.78, 5) is 14.3. The van der Waals surface area contributed by atoms with E-state index in [9.17, 15) is 22.4 Å². The first kappa shape index (κ1) is 23.7. The second-order valence-electron chi connectivity index (χ2n) is 7.76. The van der Waals surface area contributed by atoms with Gasteiger partial charge in [0.05, 0.1) is 5.56 Å². The molecule has 1 N–H and O–H groups in total. The molecule has 5 nitrogen and oxygen atoms in total. The highest BCUT2D eigenvalue weighted by atomic mass is 35.5. The molecule has 1 saturated heterocycles. The van der Waals surface area contributed by atoms with Gasteiger partial charge in [-0.05, 0) is 73.0 Å². The highest BCUT2D eigenvalue weighted by Gasteiger charge is 2.33. The minimum atomic E-state index is -4.56. The fourth-order valence-corrected chi connectivity index (χ4v) is 3.77. The van der Waals surface area contributed by atoms with Crippen LogP contribution < -0.4 is 10.2 Å². The molecule has 0 bridgehead atoms. The summed E-state index contributed by atoms with van der Waals surface area (Å²) in [7, 11) is 0. The number of aromatic nitrogens is 2. The minimum absolute atomic E-state index is 0.141. The van der Waals surface area contributed by atoms with E-state index in [1.807, 2.05) is 4.90 Å². The average molecular weight is 491 g/mol. The quantitative estimate of drug-likeness (QED) is 0.441. The van der Waals surface area contributed by atoms with E-state index in [1.54, 1.807) is 36.4 Å². The molecule has 10 heteroatoms. The van der Waals surface area contributed by atoms with Crippen molar-refractivity contribution in [3.05, 3.63) is 87.8 Å². The first-order valence-electron chi connectivity index (χ1n) is 10.4. The largest absolute Gasteiger partial charge is 0.416 e. The summed E-state index contributed by atoms with van der Waals surface area (Å²) in [6.07, 6.45) is -2.15. The molecule has 0 spiro atoms.